The predicted octanol–water partition coefficient (Wildman–Crippen LogP) is 4.92. The first-order valence-electron chi connectivity index (χ1n) is 5.50. The van der Waals surface area contributed by atoms with E-state index in [1.165, 1.54) is 0 Å². The van der Waals surface area contributed by atoms with Gasteiger partial charge in [0.25, 0.3) is 0 Å². The summed E-state index contributed by atoms with van der Waals surface area (Å²) in [4.78, 5) is 0. The Bertz CT molecular complexity index is 340. The lowest BCUT2D eigenvalue weighted by atomic mass is 9.87. The number of hydrogen-bond acceptors (Lipinski definition) is 0. The molecule has 0 aliphatic carbocycles. The summed E-state index contributed by atoms with van der Waals surface area (Å²) in [6.45, 7) is 6.16. The first-order chi connectivity index (χ1) is 7.43. The number of rotatable bonds is 4. The maximum Gasteiger partial charge on any atom is 0.144 e. The Morgan fingerprint density at radius 3 is 2.38 bits per heavy atom. The molecule has 1 aromatic rings. The van der Waals surface area contributed by atoms with E-state index in [-0.39, 0.29) is 22.1 Å². The lowest BCUT2D eigenvalue weighted by Gasteiger charge is -2.23. The van der Waals surface area contributed by atoms with Gasteiger partial charge in [-0.2, -0.15) is 0 Å². The summed E-state index contributed by atoms with van der Waals surface area (Å²) in [5.41, 5.74) is 0.652. The molecule has 0 aromatic heterocycles. The molecule has 0 saturated carbocycles. The predicted molar refractivity (Wildman–Crippen MR) is 68.8 cm³/mol. The van der Waals surface area contributed by atoms with Crippen LogP contribution in [-0.4, -0.2) is 5.38 Å². The van der Waals surface area contributed by atoms with Crippen LogP contribution in [0.15, 0.2) is 18.2 Å². The molecule has 0 nitrogen and oxygen atoms in total. The summed E-state index contributed by atoms with van der Waals surface area (Å²) in [6.07, 6.45) is 0.634. The van der Waals surface area contributed by atoms with E-state index in [0.29, 0.717) is 17.9 Å². The fraction of sp³-hybridized carbons (Fsp3) is 0.538. The van der Waals surface area contributed by atoms with Crippen LogP contribution in [0.3, 0.4) is 0 Å². The molecule has 0 radical (unpaired) electrons. The van der Waals surface area contributed by atoms with Gasteiger partial charge >= 0.3 is 0 Å². The third kappa shape index (κ3) is 3.36. The lowest BCUT2D eigenvalue weighted by molar-refractivity contribution is 0.371. The second-order valence-corrected chi connectivity index (χ2v) is 5.60. The molecule has 0 fully saturated rings. The molecule has 2 unspecified atom stereocenters. The summed E-state index contributed by atoms with van der Waals surface area (Å²) < 4.78 is 13.7. The van der Waals surface area contributed by atoms with Gasteiger partial charge in [-0.1, -0.05) is 37.6 Å². The monoisotopic (exact) mass is 262 g/mol. The molecule has 0 heterocycles. The Kier molecular flexibility index (Phi) is 5.07. The molecular formula is C13H17Cl2F. The first kappa shape index (κ1) is 13.8. The van der Waals surface area contributed by atoms with Crippen LogP contribution in [0, 0.1) is 17.7 Å². The highest BCUT2D eigenvalue weighted by Gasteiger charge is 2.21. The summed E-state index contributed by atoms with van der Waals surface area (Å²) in [7, 11) is 0. The van der Waals surface area contributed by atoms with Crippen LogP contribution < -0.4 is 0 Å². The van der Waals surface area contributed by atoms with Gasteiger partial charge in [-0.05, 0) is 36.8 Å². The Labute approximate surface area is 107 Å². The molecule has 1 aromatic carbocycles. The standard InChI is InChI=1S/C13H17Cl2F/c1-8(2)11(9(3)14)7-10-5-4-6-12(15)13(10)16/h4-6,8-9,11H,7H2,1-3H3. The Balaban J connectivity index is 2.90. The largest absolute Gasteiger partial charge is 0.205 e. The van der Waals surface area contributed by atoms with E-state index >= 15 is 0 Å². The SMILES string of the molecule is CC(C)C(Cc1cccc(Cl)c1F)C(C)Cl. The van der Waals surface area contributed by atoms with Crippen LogP contribution in [0.2, 0.25) is 5.02 Å². The Hall–Kier alpha value is -0.270. The quantitative estimate of drug-likeness (QED) is 0.676. The van der Waals surface area contributed by atoms with Crippen molar-refractivity contribution in [2.75, 3.05) is 0 Å². The van der Waals surface area contributed by atoms with E-state index in [0.717, 1.165) is 0 Å². The van der Waals surface area contributed by atoms with Crippen LogP contribution in [0.1, 0.15) is 26.3 Å². The van der Waals surface area contributed by atoms with E-state index in [9.17, 15) is 4.39 Å². The van der Waals surface area contributed by atoms with E-state index in [1.54, 1.807) is 18.2 Å². The van der Waals surface area contributed by atoms with Crippen molar-refractivity contribution < 1.29 is 4.39 Å². The highest BCUT2D eigenvalue weighted by Crippen LogP contribution is 2.27. The fourth-order valence-electron chi connectivity index (χ4n) is 1.89. The molecule has 3 heteroatoms. The normalized spacial score (nSPS) is 15.2. The van der Waals surface area contributed by atoms with Crippen LogP contribution in [-0.2, 0) is 6.42 Å². The number of hydrogen-bond donors (Lipinski definition) is 0. The van der Waals surface area contributed by atoms with Crippen molar-refractivity contribution >= 4 is 23.2 Å². The zero-order valence-corrected chi connectivity index (χ0v) is 11.3. The molecule has 0 saturated heterocycles. The topological polar surface area (TPSA) is 0 Å². The van der Waals surface area contributed by atoms with E-state index in [1.807, 2.05) is 6.92 Å². The molecular weight excluding hydrogens is 246 g/mol. The van der Waals surface area contributed by atoms with Gasteiger partial charge in [-0.15, -0.1) is 11.6 Å². The number of benzene rings is 1. The van der Waals surface area contributed by atoms with Gasteiger partial charge < -0.3 is 0 Å². The summed E-state index contributed by atoms with van der Waals surface area (Å²) >= 11 is 11.9. The highest BCUT2D eigenvalue weighted by atomic mass is 35.5. The average Bonchev–Trinajstić information content (AvgIpc) is 2.19. The smallest absolute Gasteiger partial charge is 0.144 e. The van der Waals surface area contributed by atoms with Gasteiger partial charge in [-0.3, -0.25) is 0 Å². The van der Waals surface area contributed by atoms with Crippen molar-refractivity contribution in [3.8, 4) is 0 Å². The molecule has 2 atom stereocenters. The van der Waals surface area contributed by atoms with Gasteiger partial charge in [0.1, 0.15) is 5.82 Å². The van der Waals surface area contributed by atoms with Crippen LogP contribution >= 0.6 is 23.2 Å². The van der Waals surface area contributed by atoms with Crippen LogP contribution in [0.4, 0.5) is 4.39 Å². The van der Waals surface area contributed by atoms with Gasteiger partial charge in [0.05, 0.1) is 5.02 Å². The molecule has 0 aliphatic heterocycles. The van der Waals surface area contributed by atoms with Crippen molar-refractivity contribution in [2.45, 2.75) is 32.6 Å². The van der Waals surface area contributed by atoms with Crippen molar-refractivity contribution in [2.24, 2.45) is 11.8 Å². The number of alkyl halides is 1. The second-order valence-electron chi connectivity index (χ2n) is 4.50. The molecule has 0 bridgehead atoms. The van der Waals surface area contributed by atoms with Crippen LogP contribution in [0.25, 0.3) is 0 Å². The minimum Gasteiger partial charge on any atom is -0.205 e. The van der Waals surface area contributed by atoms with Gasteiger partial charge in [0.2, 0.25) is 0 Å². The molecule has 0 amide bonds. The zero-order chi connectivity index (χ0) is 12.3. The third-order valence-electron chi connectivity index (χ3n) is 2.93. The zero-order valence-electron chi connectivity index (χ0n) is 9.81. The van der Waals surface area contributed by atoms with Crippen molar-refractivity contribution in [1.82, 2.24) is 0 Å². The third-order valence-corrected chi connectivity index (χ3v) is 3.55. The summed E-state index contributed by atoms with van der Waals surface area (Å²) in [5.74, 6) is 0.368. The Morgan fingerprint density at radius 1 is 1.25 bits per heavy atom. The highest BCUT2D eigenvalue weighted by molar-refractivity contribution is 6.30. The summed E-state index contributed by atoms with van der Waals surface area (Å²) in [6, 6.07) is 5.11. The average molecular weight is 263 g/mol. The van der Waals surface area contributed by atoms with Crippen molar-refractivity contribution in [3.05, 3.63) is 34.6 Å². The van der Waals surface area contributed by atoms with Crippen molar-refractivity contribution in [1.29, 1.82) is 0 Å². The van der Waals surface area contributed by atoms with E-state index < -0.39 is 0 Å². The van der Waals surface area contributed by atoms with Crippen molar-refractivity contribution in [3.63, 3.8) is 0 Å². The van der Waals surface area contributed by atoms with Gasteiger partial charge in [0, 0.05) is 5.38 Å². The van der Waals surface area contributed by atoms with Gasteiger partial charge in [0.15, 0.2) is 0 Å². The molecule has 16 heavy (non-hydrogen) atoms. The molecule has 0 spiro atoms. The molecule has 90 valence electrons. The minimum absolute atomic E-state index is 0.0263. The minimum atomic E-state index is -0.313. The molecule has 1 rings (SSSR count). The fourth-order valence-corrected chi connectivity index (χ4v) is 2.46. The maximum absolute atomic E-state index is 13.7. The maximum atomic E-state index is 13.7. The van der Waals surface area contributed by atoms with Gasteiger partial charge in [-0.25, -0.2) is 4.39 Å². The molecule has 0 N–H and O–H groups in total. The Morgan fingerprint density at radius 2 is 1.88 bits per heavy atom. The molecule has 0 aliphatic rings. The lowest BCUT2D eigenvalue weighted by Crippen LogP contribution is -2.21. The van der Waals surface area contributed by atoms with E-state index in [4.69, 9.17) is 23.2 Å². The number of halogens is 3. The van der Waals surface area contributed by atoms with E-state index in [2.05, 4.69) is 13.8 Å². The van der Waals surface area contributed by atoms with Crippen LogP contribution in [0.5, 0.6) is 0 Å². The second kappa shape index (κ2) is 5.88. The summed E-state index contributed by atoms with van der Waals surface area (Å²) in [5, 5.41) is 0.209. The first-order valence-corrected chi connectivity index (χ1v) is 6.32.